The van der Waals surface area contributed by atoms with Gasteiger partial charge in [-0.15, -0.1) is 0 Å². The van der Waals surface area contributed by atoms with Crippen LogP contribution in [0.15, 0.2) is 23.8 Å². The number of benzene rings is 1. The Morgan fingerprint density at radius 2 is 1.84 bits per heavy atom. The van der Waals surface area contributed by atoms with Crippen LogP contribution < -0.4 is 0 Å². The van der Waals surface area contributed by atoms with Crippen molar-refractivity contribution in [3.05, 3.63) is 39.4 Å². The predicted molar refractivity (Wildman–Crippen MR) is 77.5 cm³/mol. The molecular weight excluding hydrogens is 283 g/mol. The van der Waals surface area contributed by atoms with Gasteiger partial charge in [-0.2, -0.15) is 0 Å². The van der Waals surface area contributed by atoms with E-state index >= 15 is 0 Å². The fourth-order valence-corrected chi connectivity index (χ4v) is 2.39. The van der Waals surface area contributed by atoms with Crippen LogP contribution in [0.5, 0.6) is 0 Å². The van der Waals surface area contributed by atoms with Gasteiger partial charge in [0.2, 0.25) is 0 Å². The quantitative estimate of drug-likeness (QED) is 0.571. The SMILES string of the molecule is CC1(C)CCC(=O)/C(=C/c2ccc(Cl)c(Cl)c2)C1=O. The summed E-state index contributed by atoms with van der Waals surface area (Å²) in [5.41, 5.74) is 0.495. The maximum atomic E-state index is 12.3. The topological polar surface area (TPSA) is 34.1 Å². The molecule has 2 rings (SSSR count). The van der Waals surface area contributed by atoms with Crippen LogP contribution in [0.3, 0.4) is 0 Å². The molecule has 19 heavy (non-hydrogen) atoms. The van der Waals surface area contributed by atoms with Crippen LogP contribution in [0.2, 0.25) is 10.0 Å². The molecule has 1 aliphatic rings. The molecule has 1 aromatic rings. The molecule has 4 heteroatoms. The summed E-state index contributed by atoms with van der Waals surface area (Å²) >= 11 is 11.8. The van der Waals surface area contributed by atoms with Gasteiger partial charge in [-0.25, -0.2) is 0 Å². The average Bonchev–Trinajstić information content (AvgIpc) is 2.35. The first-order chi connectivity index (χ1) is 8.81. The van der Waals surface area contributed by atoms with Gasteiger partial charge < -0.3 is 0 Å². The third-order valence-electron chi connectivity index (χ3n) is 3.39. The van der Waals surface area contributed by atoms with E-state index in [4.69, 9.17) is 23.2 Å². The van der Waals surface area contributed by atoms with Crippen LogP contribution in [0.1, 0.15) is 32.3 Å². The molecule has 1 aromatic carbocycles. The minimum Gasteiger partial charge on any atom is -0.294 e. The van der Waals surface area contributed by atoms with Crippen LogP contribution in [0.25, 0.3) is 6.08 Å². The standard InChI is InChI=1S/C15H14Cl2O2/c1-15(2)6-5-13(18)10(14(15)19)7-9-3-4-11(16)12(17)8-9/h3-4,7-8H,5-6H2,1-2H3/b10-7-. The second-order valence-corrected chi connectivity index (χ2v) is 6.18. The van der Waals surface area contributed by atoms with Gasteiger partial charge in [0.25, 0.3) is 0 Å². The number of allylic oxidation sites excluding steroid dienone is 1. The first-order valence-electron chi connectivity index (χ1n) is 6.06. The molecule has 0 amide bonds. The lowest BCUT2D eigenvalue weighted by atomic mass is 9.73. The van der Waals surface area contributed by atoms with Crippen LogP contribution in [-0.4, -0.2) is 11.6 Å². The van der Waals surface area contributed by atoms with E-state index in [9.17, 15) is 9.59 Å². The number of hydrogen-bond donors (Lipinski definition) is 0. The smallest absolute Gasteiger partial charge is 0.172 e. The van der Waals surface area contributed by atoms with Gasteiger partial charge in [0, 0.05) is 11.8 Å². The Bertz CT molecular complexity index is 586. The second-order valence-electron chi connectivity index (χ2n) is 5.37. The van der Waals surface area contributed by atoms with Gasteiger partial charge in [-0.05, 0) is 30.2 Å². The first-order valence-corrected chi connectivity index (χ1v) is 6.81. The fourth-order valence-electron chi connectivity index (χ4n) is 2.08. The Balaban J connectivity index is 2.42. The van der Waals surface area contributed by atoms with Crippen molar-refractivity contribution in [2.24, 2.45) is 5.41 Å². The highest BCUT2D eigenvalue weighted by Gasteiger charge is 2.37. The highest BCUT2D eigenvalue weighted by Crippen LogP contribution is 2.34. The Hall–Kier alpha value is -1.12. The van der Waals surface area contributed by atoms with Crippen molar-refractivity contribution >= 4 is 40.8 Å². The molecule has 0 unspecified atom stereocenters. The largest absolute Gasteiger partial charge is 0.294 e. The molecule has 0 bridgehead atoms. The summed E-state index contributed by atoms with van der Waals surface area (Å²) in [4.78, 5) is 24.2. The zero-order valence-electron chi connectivity index (χ0n) is 10.8. The Morgan fingerprint density at radius 1 is 1.16 bits per heavy atom. The molecular formula is C15H14Cl2O2. The van der Waals surface area contributed by atoms with E-state index in [1.54, 1.807) is 24.3 Å². The maximum absolute atomic E-state index is 12.3. The molecule has 0 heterocycles. The summed E-state index contributed by atoms with van der Waals surface area (Å²) in [5, 5.41) is 0.858. The number of Topliss-reactive ketones (excluding diaryl/α,β-unsaturated/α-hetero) is 2. The summed E-state index contributed by atoms with van der Waals surface area (Å²) < 4.78 is 0. The number of hydrogen-bond acceptors (Lipinski definition) is 2. The van der Waals surface area contributed by atoms with Crippen molar-refractivity contribution in [3.63, 3.8) is 0 Å². The molecule has 2 nitrogen and oxygen atoms in total. The van der Waals surface area contributed by atoms with E-state index in [1.807, 2.05) is 13.8 Å². The summed E-state index contributed by atoms with van der Waals surface area (Å²) in [7, 11) is 0. The molecule has 1 saturated carbocycles. The summed E-state index contributed by atoms with van der Waals surface area (Å²) in [6, 6.07) is 5.04. The van der Waals surface area contributed by atoms with E-state index in [1.165, 1.54) is 0 Å². The highest BCUT2D eigenvalue weighted by molar-refractivity contribution is 6.42. The van der Waals surface area contributed by atoms with E-state index < -0.39 is 5.41 Å². The molecule has 0 radical (unpaired) electrons. The minimum atomic E-state index is -0.476. The molecule has 100 valence electrons. The van der Waals surface area contributed by atoms with E-state index in [-0.39, 0.29) is 17.1 Å². The van der Waals surface area contributed by atoms with Gasteiger partial charge in [0.15, 0.2) is 11.6 Å². The number of rotatable bonds is 1. The number of ketones is 2. The van der Waals surface area contributed by atoms with Crippen LogP contribution in [-0.2, 0) is 9.59 Å². The fraction of sp³-hybridized carbons (Fsp3) is 0.333. The number of carbonyl (C=O) groups is 2. The molecule has 0 aliphatic heterocycles. The average molecular weight is 297 g/mol. The van der Waals surface area contributed by atoms with Gasteiger partial charge in [-0.3, -0.25) is 9.59 Å². The van der Waals surface area contributed by atoms with Crippen molar-refractivity contribution in [2.45, 2.75) is 26.7 Å². The second kappa shape index (κ2) is 5.10. The molecule has 0 atom stereocenters. The van der Waals surface area contributed by atoms with Crippen LogP contribution in [0, 0.1) is 5.41 Å². The Labute approximate surface area is 122 Å². The van der Waals surface area contributed by atoms with Gasteiger partial charge in [-0.1, -0.05) is 43.1 Å². The molecule has 0 spiro atoms. The Morgan fingerprint density at radius 3 is 2.47 bits per heavy atom. The van der Waals surface area contributed by atoms with Crippen molar-refractivity contribution in [2.75, 3.05) is 0 Å². The molecule has 0 N–H and O–H groups in total. The highest BCUT2D eigenvalue weighted by atomic mass is 35.5. The van der Waals surface area contributed by atoms with Gasteiger partial charge in [0.05, 0.1) is 15.6 Å². The zero-order valence-corrected chi connectivity index (χ0v) is 12.3. The van der Waals surface area contributed by atoms with E-state index in [0.717, 1.165) is 0 Å². The van der Waals surface area contributed by atoms with E-state index in [0.29, 0.717) is 28.5 Å². The summed E-state index contributed by atoms with van der Waals surface area (Å²) in [6.07, 6.45) is 2.61. The molecule has 1 aliphatic carbocycles. The van der Waals surface area contributed by atoms with Crippen molar-refractivity contribution in [1.82, 2.24) is 0 Å². The third kappa shape index (κ3) is 2.90. The predicted octanol–water partition coefficient (Wildman–Crippen LogP) is 4.34. The van der Waals surface area contributed by atoms with Crippen molar-refractivity contribution < 1.29 is 9.59 Å². The third-order valence-corrected chi connectivity index (χ3v) is 4.13. The molecule has 0 saturated heterocycles. The molecule has 0 aromatic heterocycles. The number of halogens is 2. The Kier molecular flexibility index (Phi) is 3.84. The van der Waals surface area contributed by atoms with Crippen molar-refractivity contribution in [1.29, 1.82) is 0 Å². The monoisotopic (exact) mass is 296 g/mol. The van der Waals surface area contributed by atoms with Gasteiger partial charge >= 0.3 is 0 Å². The van der Waals surface area contributed by atoms with E-state index in [2.05, 4.69) is 0 Å². The lowest BCUT2D eigenvalue weighted by molar-refractivity contribution is -0.130. The molecule has 1 fully saturated rings. The maximum Gasteiger partial charge on any atom is 0.172 e. The zero-order chi connectivity index (χ0) is 14.2. The van der Waals surface area contributed by atoms with Crippen LogP contribution >= 0.6 is 23.2 Å². The van der Waals surface area contributed by atoms with Gasteiger partial charge in [0.1, 0.15) is 0 Å². The minimum absolute atomic E-state index is 0.101. The van der Waals surface area contributed by atoms with Crippen LogP contribution in [0.4, 0.5) is 0 Å². The first kappa shape index (κ1) is 14.3. The summed E-state index contributed by atoms with van der Waals surface area (Å²) in [6.45, 7) is 3.73. The summed E-state index contributed by atoms with van der Waals surface area (Å²) in [5.74, 6) is -0.204. The number of carbonyl (C=O) groups excluding carboxylic acids is 2. The normalized spacial score (nSPS) is 20.9. The van der Waals surface area contributed by atoms with Crippen molar-refractivity contribution in [3.8, 4) is 0 Å². The lowest BCUT2D eigenvalue weighted by Gasteiger charge is -2.28. The lowest BCUT2D eigenvalue weighted by Crippen LogP contribution is -2.34.